The molecule has 6 heteroatoms. The molecule has 1 amide bonds. The summed E-state index contributed by atoms with van der Waals surface area (Å²) in [7, 11) is 0. The average Bonchev–Trinajstić information content (AvgIpc) is 2.63. The predicted molar refractivity (Wildman–Crippen MR) is 97.8 cm³/mol. The molecule has 3 N–H and O–H groups in total. The van der Waals surface area contributed by atoms with E-state index >= 15 is 0 Å². The van der Waals surface area contributed by atoms with E-state index in [-0.39, 0.29) is 17.1 Å². The summed E-state index contributed by atoms with van der Waals surface area (Å²) in [5.41, 5.74) is 3.07. The average molecular weight is 348 g/mol. The van der Waals surface area contributed by atoms with Crippen molar-refractivity contribution in [2.45, 2.75) is 0 Å². The highest BCUT2D eigenvalue weighted by molar-refractivity contribution is 5.97. The number of benzene rings is 3. The number of carbonyl (C=O) groups excluding carboxylic acids is 1. The van der Waals surface area contributed by atoms with E-state index in [0.717, 1.165) is 17.4 Å². The maximum atomic E-state index is 12.0. The highest BCUT2D eigenvalue weighted by atomic mass is 16.5. The van der Waals surface area contributed by atoms with Crippen LogP contribution in [-0.4, -0.2) is 22.3 Å². The van der Waals surface area contributed by atoms with Gasteiger partial charge in [-0.05, 0) is 42.0 Å². The molecule has 0 atom stereocenters. The van der Waals surface area contributed by atoms with Crippen molar-refractivity contribution in [3.63, 3.8) is 0 Å². The second-order valence-corrected chi connectivity index (χ2v) is 5.39. The number of para-hydroxylation sites is 1. The minimum atomic E-state index is -0.588. The molecule has 0 aliphatic heterocycles. The Morgan fingerprint density at radius 2 is 1.69 bits per heavy atom. The van der Waals surface area contributed by atoms with Crippen molar-refractivity contribution in [2.24, 2.45) is 5.10 Å². The van der Waals surface area contributed by atoms with E-state index in [4.69, 9.17) is 4.74 Å². The van der Waals surface area contributed by atoms with Gasteiger partial charge in [-0.25, -0.2) is 5.43 Å². The fourth-order valence-corrected chi connectivity index (χ4v) is 2.22. The second-order valence-electron chi connectivity index (χ2n) is 5.39. The molecule has 0 bridgehead atoms. The fourth-order valence-electron chi connectivity index (χ4n) is 2.22. The van der Waals surface area contributed by atoms with Crippen LogP contribution in [0.4, 0.5) is 0 Å². The van der Waals surface area contributed by atoms with Crippen LogP contribution in [0.2, 0.25) is 0 Å². The van der Waals surface area contributed by atoms with Gasteiger partial charge in [0, 0.05) is 6.07 Å². The standard InChI is InChI=1S/C20H16N2O4/c23-15-9-10-18(19(24)12-15)20(25)22-21-13-14-5-4-8-17(11-14)26-16-6-2-1-3-7-16/h1-13,23-24H,(H,22,25). The number of amides is 1. The molecule has 3 aromatic rings. The number of phenols is 2. The Labute approximate surface area is 150 Å². The van der Waals surface area contributed by atoms with Crippen molar-refractivity contribution in [1.82, 2.24) is 5.43 Å². The lowest BCUT2D eigenvalue weighted by Crippen LogP contribution is -2.17. The first-order valence-electron chi connectivity index (χ1n) is 7.80. The number of hydrazone groups is 1. The maximum Gasteiger partial charge on any atom is 0.275 e. The first-order chi connectivity index (χ1) is 12.6. The first-order valence-corrected chi connectivity index (χ1v) is 7.80. The quantitative estimate of drug-likeness (QED) is 0.485. The molecule has 0 saturated carbocycles. The van der Waals surface area contributed by atoms with Crippen LogP contribution in [-0.2, 0) is 0 Å². The molecule has 0 fully saturated rings. The zero-order valence-electron chi connectivity index (χ0n) is 13.7. The highest BCUT2D eigenvalue weighted by Gasteiger charge is 2.10. The summed E-state index contributed by atoms with van der Waals surface area (Å²) in [6.45, 7) is 0. The Balaban J connectivity index is 1.65. The number of phenolic OH excluding ortho intramolecular Hbond substituents is 2. The Morgan fingerprint density at radius 1 is 0.923 bits per heavy atom. The van der Waals surface area contributed by atoms with Crippen LogP contribution in [0.5, 0.6) is 23.0 Å². The molecule has 0 spiro atoms. The van der Waals surface area contributed by atoms with Crippen molar-refractivity contribution in [3.05, 3.63) is 83.9 Å². The predicted octanol–water partition coefficient (Wildman–Crippen LogP) is 3.65. The SMILES string of the molecule is O=C(NN=Cc1cccc(Oc2ccccc2)c1)c1ccc(O)cc1O. The van der Waals surface area contributed by atoms with Crippen molar-refractivity contribution < 1.29 is 19.7 Å². The normalized spacial score (nSPS) is 10.6. The zero-order valence-corrected chi connectivity index (χ0v) is 13.7. The third-order valence-electron chi connectivity index (χ3n) is 3.44. The monoisotopic (exact) mass is 348 g/mol. The molecular formula is C20H16N2O4. The molecule has 0 saturated heterocycles. The van der Waals surface area contributed by atoms with Gasteiger partial charge in [0.15, 0.2) is 0 Å². The summed E-state index contributed by atoms with van der Waals surface area (Å²) in [5.74, 6) is 0.324. The number of nitrogens with zero attached hydrogens (tertiary/aromatic N) is 1. The molecule has 0 heterocycles. The number of carbonyl (C=O) groups is 1. The summed E-state index contributed by atoms with van der Waals surface area (Å²) >= 11 is 0. The van der Waals surface area contributed by atoms with Crippen LogP contribution in [0.1, 0.15) is 15.9 Å². The number of ether oxygens (including phenoxy) is 1. The van der Waals surface area contributed by atoms with Crippen LogP contribution in [0.3, 0.4) is 0 Å². The first kappa shape index (κ1) is 17.0. The molecule has 0 aliphatic carbocycles. The summed E-state index contributed by atoms with van der Waals surface area (Å²) in [5, 5.41) is 22.8. The third kappa shape index (κ3) is 4.39. The largest absolute Gasteiger partial charge is 0.508 e. The van der Waals surface area contributed by atoms with Crippen LogP contribution >= 0.6 is 0 Å². The Morgan fingerprint density at radius 3 is 2.46 bits per heavy atom. The van der Waals surface area contributed by atoms with Crippen LogP contribution in [0.15, 0.2) is 77.9 Å². The van der Waals surface area contributed by atoms with Gasteiger partial charge in [0.05, 0.1) is 11.8 Å². The van der Waals surface area contributed by atoms with E-state index in [9.17, 15) is 15.0 Å². The summed E-state index contributed by atoms with van der Waals surface area (Å²) in [6.07, 6.45) is 1.47. The molecule has 0 aromatic heterocycles. The lowest BCUT2D eigenvalue weighted by atomic mass is 10.2. The van der Waals surface area contributed by atoms with Gasteiger partial charge < -0.3 is 14.9 Å². The zero-order chi connectivity index (χ0) is 18.4. The van der Waals surface area contributed by atoms with Gasteiger partial charge in [0.2, 0.25) is 0 Å². The molecule has 6 nitrogen and oxygen atoms in total. The van der Waals surface area contributed by atoms with Crippen LogP contribution in [0.25, 0.3) is 0 Å². The number of hydrogen-bond acceptors (Lipinski definition) is 5. The lowest BCUT2D eigenvalue weighted by molar-refractivity contribution is 0.0952. The fraction of sp³-hybridized carbons (Fsp3) is 0. The van der Waals surface area contributed by atoms with Crippen LogP contribution in [0, 0.1) is 0 Å². The Hall–Kier alpha value is -3.80. The summed E-state index contributed by atoms with van der Waals surface area (Å²) < 4.78 is 5.74. The number of nitrogens with one attached hydrogen (secondary N) is 1. The molecular weight excluding hydrogens is 332 g/mol. The van der Waals surface area contributed by atoms with Gasteiger partial charge in [0.25, 0.3) is 5.91 Å². The Kier molecular flexibility index (Phi) is 5.14. The van der Waals surface area contributed by atoms with Crippen molar-refractivity contribution in [3.8, 4) is 23.0 Å². The Bertz CT molecular complexity index is 940. The van der Waals surface area contributed by atoms with E-state index in [2.05, 4.69) is 10.5 Å². The van der Waals surface area contributed by atoms with E-state index in [0.29, 0.717) is 5.75 Å². The van der Waals surface area contributed by atoms with Gasteiger partial charge in [-0.2, -0.15) is 5.10 Å². The highest BCUT2D eigenvalue weighted by Crippen LogP contribution is 2.23. The smallest absolute Gasteiger partial charge is 0.275 e. The van der Waals surface area contributed by atoms with Gasteiger partial charge in [0.1, 0.15) is 23.0 Å². The van der Waals surface area contributed by atoms with E-state index in [1.165, 1.54) is 18.3 Å². The molecule has 3 rings (SSSR count). The topological polar surface area (TPSA) is 91.2 Å². The second kappa shape index (κ2) is 7.85. The summed E-state index contributed by atoms with van der Waals surface area (Å²) in [4.78, 5) is 12.0. The van der Waals surface area contributed by atoms with Gasteiger partial charge in [-0.15, -0.1) is 0 Å². The molecule has 0 aliphatic rings. The van der Waals surface area contributed by atoms with Crippen molar-refractivity contribution in [1.29, 1.82) is 0 Å². The van der Waals surface area contributed by atoms with E-state index in [1.54, 1.807) is 6.07 Å². The van der Waals surface area contributed by atoms with Crippen LogP contribution < -0.4 is 10.2 Å². The van der Waals surface area contributed by atoms with E-state index < -0.39 is 5.91 Å². The van der Waals surface area contributed by atoms with E-state index in [1.807, 2.05) is 48.5 Å². The molecule has 3 aromatic carbocycles. The summed E-state index contributed by atoms with van der Waals surface area (Å²) in [6, 6.07) is 20.3. The number of hydrogen-bond donors (Lipinski definition) is 3. The molecule has 130 valence electrons. The third-order valence-corrected chi connectivity index (χ3v) is 3.44. The molecule has 0 radical (unpaired) electrons. The number of rotatable bonds is 5. The van der Waals surface area contributed by atoms with Crippen molar-refractivity contribution >= 4 is 12.1 Å². The number of aromatic hydroxyl groups is 2. The van der Waals surface area contributed by atoms with Gasteiger partial charge in [-0.3, -0.25) is 4.79 Å². The molecule has 0 unspecified atom stereocenters. The van der Waals surface area contributed by atoms with Crippen molar-refractivity contribution in [2.75, 3.05) is 0 Å². The minimum absolute atomic E-state index is 0.0149. The van der Waals surface area contributed by atoms with Gasteiger partial charge in [-0.1, -0.05) is 30.3 Å². The maximum absolute atomic E-state index is 12.0. The minimum Gasteiger partial charge on any atom is -0.508 e. The lowest BCUT2D eigenvalue weighted by Gasteiger charge is -2.06. The van der Waals surface area contributed by atoms with Gasteiger partial charge >= 0.3 is 0 Å². The molecule has 26 heavy (non-hydrogen) atoms.